The third-order valence-electron chi connectivity index (χ3n) is 5.07. The van der Waals surface area contributed by atoms with E-state index in [9.17, 15) is 9.50 Å². The smallest absolute Gasteiger partial charge is 0.186 e. The van der Waals surface area contributed by atoms with Crippen LogP contribution in [-0.2, 0) is 0 Å². The number of aromatic hydroxyl groups is 1. The van der Waals surface area contributed by atoms with E-state index in [1.54, 1.807) is 18.2 Å². The molecule has 29 heavy (non-hydrogen) atoms. The van der Waals surface area contributed by atoms with E-state index in [1.807, 2.05) is 12.1 Å². The number of benzene rings is 3. The van der Waals surface area contributed by atoms with Gasteiger partial charge in [0.2, 0.25) is 0 Å². The van der Waals surface area contributed by atoms with Gasteiger partial charge < -0.3 is 15.7 Å². The van der Waals surface area contributed by atoms with Crippen molar-refractivity contribution in [2.24, 2.45) is 0 Å². The molecule has 0 saturated carbocycles. The van der Waals surface area contributed by atoms with Gasteiger partial charge in [-0.15, -0.1) is 0 Å². The topological polar surface area (TPSA) is 48.9 Å². The summed E-state index contributed by atoms with van der Waals surface area (Å²) in [4.78, 5) is 0. The predicted molar refractivity (Wildman–Crippen MR) is 120 cm³/mol. The summed E-state index contributed by atoms with van der Waals surface area (Å²) in [6.07, 6.45) is 1.97. The van der Waals surface area contributed by atoms with Crippen molar-refractivity contribution in [3.05, 3.63) is 104 Å². The molecule has 1 aliphatic heterocycles. The largest absolute Gasteiger partial charge is 0.507 e. The standard InChI is InChI=1S/C23H19Br2FN2O/c1-13-2-4-14(5-3-13)20-12-21(17-11-16(24)7-9-22(17)29)28-23(27-20)15-6-8-19(26)18(25)10-15/h2-12,21,23,27-29H,1H3/p+1. The molecule has 4 N–H and O–H groups in total. The first-order chi connectivity index (χ1) is 13.9. The Balaban J connectivity index is 1.78. The summed E-state index contributed by atoms with van der Waals surface area (Å²) >= 11 is 6.78. The van der Waals surface area contributed by atoms with Gasteiger partial charge in [0, 0.05) is 21.8 Å². The third kappa shape index (κ3) is 4.39. The monoisotopic (exact) mass is 517 g/mol. The number of quaternary nitrogens is 1. The van der Waals surface area contributed by atoms with Gasteiger partial charge in [0.1, 0.15) is 17.6 Å². The van der Waals surface area contributed by atoms with Crippen LogP contribution in [-0.4, -0.2) is 5.11 Å². The molecule has 4 rings (SSSR count). The summed E-state index contributed by atoms with van der Waals surface area (Å²) < 4.78 is 15.1. The van der Waals surface area contributed by atoms with E-state index in [2.05, 4.69) is 79.8 Å². The molecular formula is C23H20Br2FN2O+. The lowest BCUT2D eigenvalue weighted by Crippen LogP contribution is -2.89. The Morgan fingerprint density at radius 2 is 1.76 bits per heavy atom. The number of phenolic OH excluding ortho intramolecular Hbond substituents is 1. The minimum absolute atomic E-state index is 0.112. The van der Waals surface area contributed by atoms with Crippen molar-refractivity contribution in [2.75, 3.05) is 0 Å². The van der Waals surface area contributed by atoms with Crippen LogP contribution < -0.4 is 10.6 Å². The second kappa shape index (κ2) is 8.30. The van der Waals surface area contributed by atoms with Crippen molar-refractivity contribution >= 4 is 37.6 Å². The average molecular weight is 519 g/mol. The fourth-order valence-corrected chi connectivity index (χ4v) is 4.28. The lowest BCUT2D eigenvalue weighted by Gasteiger charge is -2.30. The van der Waals surface area contributed by atoms with Gasteiger partial charge in [-0.05, 0) is 64.8 Å². The molecule has 3 nitrogen and oxygen atoms in total. The molecule has 2 unspecified atom stereocenters. The summed E-state index contributed by atoms with van der Waals surface area (Å²) in [7, 11) is 0. The minimum Gasteiger partial charge on any atom is -0.507 e. The first kappa shape index (κ1) is 20.1. The molecule has 2 atom stereocenters. The SMILES string of the molecule is Cc1ccc(C2=CC(c3cc(Br)ccc3O)[NH2+]C(c3ccc(F)c(Br)c3)N2)cc1. The molecule has 1 aliphatic rings. The maximum Gasteiger partial charge on any atom is 0.186 e. The van der Waals surface area contributed by atoms with Gasteiger partial charge in [0.15, 0.2) is 6.17 Å². The minimum atomic E-state index is -0.292. The summed E-state index contributed by atoms with van der Waals surface area (Å²) in [5.74, 6) is -0.0464. The number of halogens is 3. The van der Waals surface area contributed by atoms with Crippen molar-refractivity contribution in [1.82, 2.24) is 5.32 Å². The molecule has 0 amide bonds. The van der Waals surface area contributed by atoms with Gasteiger partial charge in [-0.2, -0.15) is 0 Å². The zero-order valence-electron chi connectivity index (χ0n) is 15.7. The Kier molecular flexibility index (Phi) is 5.76. The number of nitrogens with one attached hydrogen (secondary N) is 1. The lowest BCUT2D eigenvalue weighted by atomic mass is 9.97. The van der Waals surface area contributed by atoms with E-state index in [0.717, 1.165) is 26.9 Å². The van der Waals surface area contributed by atoms with Gasteiger partial charge >= 0.3 is 0 Å². The Bertz CT molecular complexity index is 1080. The molecule has 3 aromatic rings. The van der Waals surface area contributed by atoms with Crippen LogP contribution in [0.15, 0.2) is 75.7 Å². The van der Waals surface area contributed by atoms with Crippen LogP contribution in [0.1, 0.15) is 34.5 Å². The predicted octanol–water partition coefficient (Wildman–Crippen LogP) is 5.31. The molecule has 148 valence electrons. The van der Waals surface area contributed by atoms with E-state index in [1.165, 1.54) is 11.6 Å². The van der Waals surface area contributed by atoms with Crippen LogP contribution in [0.25, 0.3) is 5.70 Å². The second-order valence-electron chi connectivity index (χ2n) is 7.16. The average Bonchev–Trinajstić information content (AvgIpc) is 2.72. The second-order valence-corrected chi connectivity index (χ2v) is 8.93. The fraction of sp³-hybridized carbons (Fsp3) is 0.130. The van der Waals surface area contributed by atoms with E-state index in [4.69, 9.17) is 0 Å². The number of nitrogens with two attached hydrogens (primary N) is 1. The first-order valence-corrected chi connectivity index (χ1v) is 10.8. The highest BCUT2D eigenvalue weighted by Crippen LogP contribution is 2.31. The maximum absolute atomic E-state index is 13.8. The number of hydrogen-bond acceptors (Lipinski definition) is 2. The number of rotatable bonds is 3. The van der Waals surface area contributed by atoms with Crippen LogP contribution in [0.5, 0.6) is 5.75 Å². The Hall–Kier alpha value is -2.15. The number of aryl methyl sites for hydroxylation is 1. The molecular weight excluding hydrogens is 499 g/mol. The van der Waals surface area contributed by atoms with Crippen molar-refractivity contribution in [3.63, 3.8) is 0 Å². The molecule has 3 aromatic carbocycles. The Morgan fingerprint density at radius 3 is 2.48 bits per heavy atom. The lowest BCUT2D eigenvalue weighted by molar-refractivity contribution is -0.731. The van der Waals surface area contributed by atoms with Gasteiger partial charge in [-0.3, -0.25) is 0 Å². The van der Waals surface area contributed by atoms with Crippen LogP contribution in [0.4, 0.5) is 4.39 Å². The molecule has 1 heterocycles. The molecule has 0 radical (unpaired) electrons. The Labute approximate surface area is 185 Å². The van der Waals surface area contributed by atoms with Crippen molar-refractivity contribution in [1.29, 1.82) is 0 Å². The van der Waals surface area contributed by atoms with E-state index in [-0.39, 0.29) is 23.8 Å². The molecule has 0 bridgehead atoms. The summed E-state index contributed by atoms with van der Waals surface area (Å²) in [5, 5.41) is 16.1. The van der Waals surface area contributed by atoms with Crippen molar-refractivity contribution < 1.29 is 14.8 Å². The number of hydrogen-bond donors (Lipinski definition) is 3. The molecule has 0 spiro atoms. The highest BCUT2D eigenvalue weighted by molar-refractivity contribution is 9.10. The zero-order valence-corrected chi connectivity index (χ0v) is 18.8. The van der Waals surface area contributed by atoms with E-state index in [0.29, 0.717) is 4.47 Å². The van der Waals surface area contributed by atoms with Gasteiger partial charge in [0.05, 0.1) is 10.0 Å². The van der Waals surface area contributed by atoms with Crippen molar-refractivity contribution in [3.8, 4) is 5.75 Å². The Morgan fingerprint density at radius 1 is 1.00 bits per heavy atom. The maximum atomic E-state index is 13.8. The summed E-state index contributed by atoms with van der Waals surface area (Å²) in [6.45, 7) is 2.06. The number of phenols is 1. The molecule has 0 fully saturated rings. The summed E-state index contributed by atoms with van der Waals surface area (Å²) in [6, 6.07) is 18.7. The van der Waals surface area contributed by atoms with Crippen LogP contribution in [0.2, 0.25) is 0 Å². The van der Waals surface area contributed by atoms with E-state index >= 15 is 0 Å². The fourth-order valence-electron chi connectivity index (χ4n) is 3.50. The van der Waals surface area contributed by atoms with Crippen molar-refractivity contribution in [2.45, 2.75) is 19.1 Å². The quantitative estimate of drug-likeness (QED) is 0.440. The molecule has 0 aliphatic carbocycles. The molecule has 6 heteroatoms. The molecule has 0 saturated heterocycles. The van der Waals surface area contributed by atoms with Gasteiger partial charge in [0.25, 0.3) is 0 Å². The van der Waals surface area contributed by atoms with E-state index < -0.39 is 0 Å². The van der Waals surface area contributed by atoms with Gasteiger partial charge in [-0.1, -0.05) is 45.8 Å². The van der Waals surface area contributed by atoms with Crippen LogP contribution in [0.3, 0.4) is 0 Å². The molecule has 0 aromatic heterocycles. The zero-order chi connectivity index (χ0) is 20.5. The van der Waals surface area contributed by atoms with Crippen LogP contribution >= 0.6 is 31.9 Å². The highest BCUT2D eigenvalue weighted by Gasteiger charge is 2.29. The van der Waals surface area contributed by atoms with Gasteiger partial charge in [-0.25, -0.2) is 4.39 Å². The first-order valence-electron chi connectivity index (χ1n) is 9.24. The third-order valence-corrected chi connectivity index (χ3v) is 6.17. The summed E-state index contributed by atoms with van der Waals surface area (Å²) in [5.41, 5.74) is 4.99. The highest BCUT2D eigenvalue weighted by atomic mass is 79.9. The normalized spacial score (nSPS) is 18.8. The van der Waals surface area contributed by atoms with Crippen LogP contribution in [0, 0.1) is 12.7 Å².